The molecule has 0 radical (unpaired) electrons. The minimum atomic E-state index is -3.41. The van der Waals surface area contributed by atoms with Crippen molar-refractivity contribution in [3.05, 3.63) is 29.8 Å². The molecular weight excluding hydrogens is 298 g/mol. The number of benzene rings is 1. The summed E-state index contributed by atoms with van der Waals surface area (Å²) in [5.74, 6) is -2.36. The van der Waals surface area contributed by atoms with Gasteiger partial charge in [-0.05, 0) is 18.2 Å². The molecule has 1 saturated heterocycles. The van der Waals surface area contributed by atoms with Crippen molar-refractivity contribution in [2.75, 3.05) is 19.5 Å². The lowest BCUT2D eigenvalue weighted by Gasteiger charge is -2.15. The van der Waals surface area contributed by atoms with E-state index in [1.54, 1.807) is 0 Å². The molecule has 7 nitrogen and oxygen atoms in total. The number of carbonyl (C=O) groups excluding carboxylic acids is 1. The van der Waals surface area contributed by atoms with E-state index in [1.165, 1.54) is 24.3 Å². The van der Waals surface area contributed by atoms with Gasteiger partial charge in [0, 0.05) is 11.8 Å². The van der Waals surface area contributed by atoms with Crippen molar-refractivity contribution in [1.29, 1.82) is 0 Å². The lowest BCUT2D eigenvalue weighted by atomic mass is 10.0. The molecule has 2 N–H and O–H groups in total. The lowest BCUT2D eigenvalue weighted by molar-refractivity contribution is -0.142. The van der Waals surface area contributed by atoms with E-state index in [4.69, 9.17) is 9.84 Å². The van der Waals surface area contributed by atoms with E-state index in [0.29, 0.717) is 0 Å². The minimum absolute atomic E-state index is 0.0348. The van der Waals surface area contributed by atoms with Gasteiger partial charge in [-0.2, -0.15) is 0 Å². The normalized spacial score (nSPS) is 22.0. The van der Waals surface area contributed by atoms with Crippen LogP contribution in [0.1, 0.15) is 10.4 Å². The van der Waals surface area contributed by atoms with Crippen LogP contribution in [-0.2, 0) is 19.4 Å². The first-order valence-electron chi connectivity index (χ1n) is 6.20. The molecule has 0 spiro atoms. The fraction of sp³-hybridized carbons (Fsp3) is 0.385. The molecule has 2 rings (SSSR count). The van der Waals surface area contributed by atoms with Crippen molar-refractivity contribution in [3.8, 4) is 0 Å². The van der Waals surface area contributed by atoms with E-state index >= 15 is 0 Å². The molecule has 2 unspecified atom stereocenters. The Labute approximate surface area is 121 Å². The van der Waals surface area contributed by atoms with E-state index in [-0.39, 0.29) is 23.7 Å². The van der Waals surface area contributed by atoms with Gasteiger partial charge in [-0.15, -0.1) is 0 Å². The second kappa shape index (κ2) is 5.82. The second-order valence-electron chi connectivity index (χ2n) is 4.86. The fourth-order valence-electron chi connectivity index (χ4n) is 2.06. The molecule has 1 aromatic carbocycles. The topological polar surface area (TPSA) is 110 Å². The highest BCUT2D eigenvalue weighted by Crippen LogP contribution is 2.16. The highest BCUT2D eigenvalue weighted by molar-refractivity contribution is 7.90. The average molecular weight is 313 g/mol. The van der Waals surface area contributed by atoms with Crippen LogP contribution in [0, 0.1) is 5.92 Å². The number of sulfone groups is 1. The summed E-state index contributed by atoms with van der Waals surface area (Å²) in [4.78, 5) is 23.1. The van der Waals surface area contributed by atoms with Crippen LogP contribution >= 0.6 is 0 Å². The fourth-order valence-corrected chi connectivity index (χ4v) is 2.73. The Morgan fingerprint density at radius 1 is 1.33 bits per heavy atom. The van der Waals surface area contributed by atoms with Crippen molar-refractivity contribution in [3.63, 3.8) is 0 Å². The summed E-state index contributed by atoms with van der Waals surface area (Å²) in [6.07, 6.45) is 1.05. The Balaban J connectivity index is 2.16. The zero-order valence-electron chi connectivity index (χ0n) is 11.3. The Bertz CT molecular complexity index is 669. The Kier molecular flexibility index (Phi) is 4.29. The molecule has 8 heteroatoms. The SMILES string of the molecule is CS(=O)(=O)c1cccc(C(=O)NC2COCC2C(=O)O)c1. The maximum Gasteiger partial charge on any atom is 0.311 e. The average Bonchev–Trinajstić information content (AvgIpc) is 2.86. The molecule has 1 fully saturated rings. The zero-order valence-corrected chi connectivity index (χ0v) is 12.1. The van der Waals surface area contributed by atoms with Crippen LogP contribution in [-0.4, -0.2) is 50.9 Å². The molecule has 0 saturated carbocycles. The maximum absolute atomic E-state index is 12.1. The number of hydrogen-bond acceptors (Lipinski definition) is 5. The third kappa shape index (κ3) is 3.59. The number of nitrogens with one attached hydrogen (secondary N) is 1. The number of ether oxygens (including phenoxy) is 1. The first-order chi connectivity index (χ1) is 9.79. The monoisotopic (exact) mass is 313 g/mol. The Morgan fingerprint density at radius 2 is 2.05 bits per heavy atom. The number of aliphatic carboxylic acids is 1. The van der Waals surface area contributed by atoms with Gasteiger partial charge in [0.1, 0.15) is 5.92 Å². The second-order valence-corrected chi connectivity index (χ2v) is 6.88. The molecular formula is C13H15NO6S. The van der Waals surface area contributed by atoms with Crippen LogP contribution in [0.4, 0.5) is 0 Å². The molecule has 0 aromatic heterocycles. The van der Waals surface area contributed by atoms with Crippen molar-refractivity contribution in [2.45, 2.75) is 10.9 Å². The maximum atomic E-state index is 12.1. The highest BCUT2D eigenvalue weighted by atomic mass is 32.2. The zero-order chi connectivity index (χ0) is 15.6. The molecule has 21 heavy (non-hydrogen) atoms. The third-order valence-electron chi connectivity index (χ3n) is 3.24. The summed E-state index contributed by atoms with van der Waals surface area (Å²) in [7, 11) is -3.41. The van der Waals surface area contributed by atoms with Gasteiger partial charge < -0.3 is 15.2 Å². The molecule has 114 valence electrons. The lowest BCUT2D eigenvalue weighted by Crippen LogP contribution is -2.42. The first-order valence-corrected chi connectivity index (χ1v) is 8.09. The first kappa shape index (κ1) is 15.5. The number of carboxylic acid groups (broad SMARTS) is 1. The van der Waals surface area contributed by atoms with Crippen molar-refractivity contribution >= 4 is 21.7 Å². The summed E-state index contributed by atoms with van der Waals surface area (Å²) in [5, 5.41) is 11.6. The van der Waals surface area contributed by atoms with Gasteiger partial charge in [0.15, 0.2) is 9.84 Å². The van der Waals surface area contributed by atoms with E-state index in [9.17, 15) is 18.0 Å². The van der Waals surface area contributed by atoms with Gasteiger partial charge in [-0.1, -0.05) is 6.07 Å². The van der Waals surface area contributed by atoms with Crippen LogP contribution in [0.5, 0.6) is 0 Å². The molecule has 1 aliphatic rings. The van der Waals surface area contributed by atoms with E-state index in [1.807, 2.05) is 0 Å². The molecule has 2 atom stereocenters. The molecule has 0 aliphatic carbocycles. The summed E-state index contributed by atoms with van der Waals surface area (Å²) in [6.45, 7) is 0.165. The van der Waals surface area contributed by atoms with Crippen molar-refractivity contribution in [1.82, 2.24) is 5.32 Å². The number of carbonyl (C=O) groups is 2. The number of rotatable bonds is 4. The van der Waals surface area contributed by atoms with Crippen LogP contribution in [0.2, 0.25) is 0 Å². The number of hydrogen-bond donors (Lipinski definition) is 2. The molecule has 1 heterocycles. The predicted octanol–water partition coefficient (Wildman–Crippen LogP) is -0.0805. The van der Waals surface area contributed by atoms with E-state index in [2.05, 4.69) is 5.32 Å². The van der Waals surface area contributed by atoms with Gasteiger partial charge in [-0.3, -0.25) is 9.59 Å². The summed E-state index contributed by atoms with van der Waals surface area (Å²) < 4.78 is 28.0. The van der Waals surface area contributed by atoms with Crippen LogP contribution < -0.4 is 5.32 Å². The molecule has 1 amide bonds. The van der Waals surface area contributed by atoms with Crippen LogP contribution in [0.15, 0.2) is 29.2 Å². The number of carboxylic acids is 1. The van der Waals surface area contributed by atoms with Gasteiger partial charge in [-0.25, -0.2) is 8.42 Å². The van der Waals surface area contributed by atoms with Gasteiger partial charge in [0.25, 0.3) is 5.91 Å². The molecule has 0 bridgehead atoms. The van der Waals surface area contributed by atoms with Crippen LogP contribution in [0.3, 0.4) is 0 Å². The smallest absolute Gasteiger partial charge is 0.311 e. The van der Waals surface area contributed by atoms with Crippen LogP contribution in [0.25, 0.3) is 0 Å². The molecule has 1 aromatic rings. The summed E-state index contributed by atoms with van der Waals surface area (Å²) >= 11 is 0. The van der Waals surface area contributed by atoms with Crippen molar-refractivity contribution < 1.29 is 27.9 Å². The Morgan fingerprint density at radius 3 is 2.67 bits per heavy atom. The van der Waals surface area contributed by atoms with Crippen molar-refractivity contribution in [2.24, 2.45) is 5.92 Å². The quantitative estimate of drug-likeness (QED) is 0.804. The van der Waals surface area contributed by atoms with Gasteiger partial charge in [0.2, 0.25) is 0 Å². The highest BCUT2D eigenvalue weighted by Gasteiger charge is 2.35. The Hall–Kier alpha value is -1.93. The predicted molar refractivity (Wildman–Crippen MR) is 72.8 cm³/mol. The minimum Gasteiger partial charge on any atom is -0.481 e. The third-order valence-corrected chi connectivity index (χ3v) is 4.35. The van der Waals surface area contributed by atoms with E-state index in [0.717, 1.165) is 6.26 Å². The van der Waals surface area contributed by atoms with E-state index < -0.39 is 33.7 Å². The van der Waals surface area contributed by atoms with Gasteiger partial charge in [0.05, 0.1) is 24.2 Å². The van der Waals surface area contributed by atoms with Gasteiger partial charge >= 0.3 is 5.97 Å². The summed E-state index contributed by atoms with van der Waals surface area (Å²) in [6, 6.07) is 4.96. The standard InChI is InChI=1S/C13H15NO6S/c1-21(18,19)9-4-2-3-8(5-9)12(15)14-11-7-20-6-10(11)13(16)17/h2-5,10-11H,6-7H2,1H3,(H,14,15)(H,16,17). The number of amides is 1. The summed E-state index contributed by atoms with van der Waals surface area (Å²) in [5.41, 5.74) is 0.161. The molecule has 1 aliphatic heterocycles. The largest absolute Gasteiger partial charge is 0.481 e.